The van der Waals surface area contributed by atoms with Crippen LogP contribution in [0.3, 0.4) is 0 Å². The second-order valence-electron chi connectivity index (χ2n) is 3.56. The normalized spacial score (nSPS) is 10.1. The molecule has 0 saturated heterocycles. The van der Waals surface area contributed by atoms with Crippen LogP contribution in [0.5, 0.6) is 0 Å². The van der Waals surface area contributed by atoms with Gasteiger partial charge < -0.3 is 9.15 Å². The fraction of sp³-hybridized carbons (Fsp3) is 0.154. The van der Waals surface area contributed by atoms with Crippen molar-refractivity contribution in [2.45, 2.75) is 6.92 Å². The van der Waals surface area contributed by atoms with E-state index in [2.05, 4.69) is 4.74 Å². The van der Waals surface area contributed by atoms with Gasteiger partial charge in [-0.2, -0.15) is 0 Å². The van der Waals surface area contributed by atoms with Gasteiger partial charge in [0.2, 0.25) is 5.76 Å². The zero-order valence-electron chi connectivity index (χ0n) is 9.19. The number of methoxy groups -OCH3 is 1. The van der Waals surface area contributed by atoms with E-state index in [0.717, 1.165) is 11.1 Å². The molecule has 1 heterocycles. The van der Waals surface area contributed by atoms with Crippen LogP contribution >= 0.6 is 0 Å². The first-order chi connectivity index (χ1) is 7.70. The minimum absolute atomic E-state index is 0.220. The lowest BCUT2D eigenvalue weighted by Crippen LogP contribution is -1.98. The van der Waals surface area contributed by atoms with E-state index in [1.165, 1.54) is 12.7 Å². The molecule has 3 heteroatoms. The number of carbonyl (C=O) groups excluding carboxylic acids is 1. The van der Waals surface area contributed by atoms with Gasteiger partial charge in [0, 0.05) is 5.56 Å². The Hall–Kier alpha value is -2.03. The fourth-order valence-corrected chi connectivity index (χ4v) is 1.44. The summed E-state index contributed by atoms with van der Waals surface area (Å²) in [6.45, 7) is 2.03. The van der Waals surface area contributed by atoms with Gasteiger partial charge in [0.25, 0.3) is 0 Å². The Morgan fingerprint density at radius 1 is 1.19 bits per heavy atom. The molecule has 2 aromatic rings. The van der Waals surface area contributed by atoms with Crippen molar-refractivity contribution in [3.63, 3.8) is 0 Å². The Bertz CT molecular complexity index is 494. The number of hydrogen-bond acceptors (Lipinski definition) is 3. The fourth-order valence-electron chi connectivity index (χ4n) is 1.44. The number of aryl methyl sites for hydroxylation is 1. The molecule has 0 radical (unpaired) electrons. The molecule has 3 nitrogen and oxygen atoms in total. The quantitative estimate of drug-likeness (QED) is 0.724. The molecule has 0 amide bonds. The lowest BCUT2D eigenvalue weighted by Gasteiger charge is -1.96. The average molecular weight is 216 g/mol. The molecule has 16 heavy (non-hydrogen) atoms. The van der Waals surface area contributed by atoms with Crippen molar-refractivity contribution in [2.24, 2.45) is 0 Å². The van der Waals surface area contributed by atoms with E-state index in [1.54, 1.807) is 12.3 Å². The first-order valence-electron chi connectivity index (χ1n) is 4.94. The molecule has 1 aromatic carbocycles. The van der Waals surface area contributed by atoms with Crippen LogP contribution in [-0.4, -0.2) is 13.1 Å². The van der Waals surface area contributed by atoms with Crippen molar-refractivity contribution in [1.29, 1.82) is 0 Å². The van der Waals surface area contributed by atoms with Gasteiger partial charge in [-0.25, -0.2) is 4.79 Å². The minimum atomic E-state index is -0.460. The van der Waals surface area contributed by atoms with Crippen molar-refractivity contribution in [1.82, 2.24) is 0 Å². The van der Waals surface area contributed by atoms with Gasteiger partial charge in [-0.3, -0.25) is 0 Å². The first kappa shape index (κ1) is 10.5. The predicted octanol–water partition coefficient (Wildman–Crippen LogP) is 3.04. The second kappa shape index (κ2) is 4.23. The minimum Gasteiger partial charge on any atom is -0.463 e. The van der Waals surface area contributed by atoms with Crippen LogP contribution in [0.25, 0.3) is 11.1 Å². The average Bonchev–Trinajstić information content (AvgIpc) is 2.78. The van der Waals surface area contributed by atoms with E-state index in [9.17, 15) is 4.79 Å². The molecular weight excluding hydrogens is 204 g/mol. The van der Waals surface area contributed by atoms with E-state index >= 15 is 0 Å². The summed E-state index contributed by atoms with van der Waals surface area (Å²) in [6, 6.07) is 9.68. The highest BCUT2D eigenvalue weighted by Crippen LogP contribution is 2.22. The Morgan fingerprint density at radius 2 is 1.88 bits per heavy atom. The summed E-state index contributed by atoms with van der Waals surface area (Å²) in [5, 5.41) is 0. The summed E-state index contributed by atoms with van der Waals surface area (Å²) >= 11 is 0. The molecule has 0 aliphatic heterocycles. The summed E-state index contributed by atoms with van der Waals surface area (Å²) < 4.78 is 9.70. The van der Waals surface area contributed by atoms with E-state index in [0.29, 0.717) is 0 Å². The molecule has 0 aliphatic carbocycles. The Labute approximate surface area is 93.7 Å². The van der Waals surface area contributed by atoms with Gasteiger partial charge in [0.05, 0.1) is 13.4 Å². The number of ether oxygens (including phenoxy) is 1. The first-order valence-corrected chi connectivity index (χ1v) is 4.94. The van der Waals surface area contributed by atoms with Crippen molar-refractivity contribution >= 4 is 5.97 Å². The highest BCUT2D eigenvalue weighted by atomic mass is 16.5. The maximum Gasteiger partial charge on any atom is 0.373 e. The molecule has 0 atom stereocenters. The zero-order valence-corrected chi connectivity index (χ0v) is 9.19. The smallest absolute Gasteiger partial charge is 0.373 e. The summed E-state index contributed by atoms with van der Waals surface area (Å²) in [7, 11) is 1.33. The molecule has 0 saturated carbocycles. The van der Waals surface area contributed by atoms with Crippen molar-refractivity contribution in [3.05, 3.63) is 47.9 Å². The van der Waals surface area contributed by atoms with Gasteiger partial charge in [-0.05, 0) is 18.6 Å². The van der Waals surface area contributed by atoms with Crippen LogP contribution in [-0.2, 0) is 4.74 Å². The Kier molecular flexibility index (Phi) is 2.77. The molecule has 0 spiro atoms. The third-order valence-corrected chi connectivity index (χ3v) is 2.37. The third kappa shape index (κ3) is 1.98. The lowest BCUT2D eigenvalue weighted by molar-refractivity contribution is 0.0565. The van der Waals surface area contributed by atoms with Crippen LogP contribution in [0.15, 0.2) is 41.0 Å². The molecule has 1 aromatic heterocycles. The number of furan rings is 1. The Morgan fingerprint density at radius 3 is 2.50 bits per heavy atom. The molecule has 0 N–H and O–H groups in total. The highest BCUT2D eigenvalue weighted by Gasteiger charge is 2.11. The number of hydrogen-bond donors (Lipinski definition) is 0. The van der Waals surface area contributed by atoms with E-state index < -0.39 is 5.97 Å². The molecule has 0 unspecified atom stereocenters. The Balaban J connectivity index is 2.31. The van der Waals surface area contributed by atoms with Crippen molar-refractivity contribution < 1.29 is 13.9 Å². The SMILES string of the molecule is COC(=O)c1cc(-c2ccc(C)cc2)co1. The third-order valence-electron chi connectivity index (χ3n) is 2.37. The molecule has 0 bridgehead atoms. The number of benzene rings is 1. The lowest BCUT2D eigenvalue weighted by atomic mass is 10.1. The van der Waals surface area contributed by atoms with Gasteiger partial charge in [-0.15, -0.1) is 0 Å². The van der Waals surface area contributed by atoms with Crippen LogP contribution in [0.2, 0.25) is 0 Å². The maximum absolute atomic E-state index is 11.2. The molecule has 0 aliphatic rings. The van der Waals surface area contributed by atoms with Crippen molar-refractivity contribution in [3.8, 4) is 11.1 Å². The highest BCUT2D eigenvalue weighted by molar-refractivity contribution is 5.88. The summed E-state index contributed by atoms with van der Waals surface area (Å²) in [4.78, 5) is 11.2. The van der Waals surface area contributed by atoms with E-state index in [-0.39, 0.29) is 5.76 Å². The molecule has 2 rings (SSSR count). The number of carbonyl (C=O) groups is 1. The van der Waals surface area contributed by atoms with E-state index in [4.69, 9.17) is 4.42 Å². The molecule has 82 valence electrons. The van der Waals surface area contributed by atoms with Crippen LogP contribution in [0.4, 0.5) is 0 Å². The number of esters is 1. The monoisotopic (exact) mass is 216 g/mol. The number of rotatable bonds is 2. The van der Waals surface area contributed by atoms with Crippen LogP contribution in [0, 0.1) is 6.92 Å². The maximum atomic E-state index is 11.2. The molecule has 0 fully saturated rings. The van der Waals surface area contributed by atoms with Gasteiger partial charge in [0.15, 0.2) is 0 Å². The topological polar surface area (TPSA) is 39.4 Å². The van der Waals surface area contributed by atoms with Crippen LogP contribution < -0.4 is 0 Å². The van der Waals surface area contributed by atoms with Gasteiger partial charge in [-0.1, -0.05) is 29.8 Å². The largest absolute Gasteiger partial charge is 0.463 e. The van der Waals surface area contributed by atoms with E-state index in [1.807, 2.05) is 31.2 Å². The standard InChI is InChI=1S/C13H12O3/c1-9-3-5-10(6-4-9)11-7-12(16-8-11)13(14)15-2/h3-8H,1-2H3. The zero-order chi connectivity index (χ0) is 11.5. The molecular formula is C13H12O3. The second-order valence-corrected chi connectivity index (χ2v) is 3.56. The summed E-state index contributed by atoms with van der Waals surface area (Å²) in [5.74, 6) is -0.239. The van der Waals surface area contributed by atoms with Crippen molar-refractivity contribution in [2.75, 3.05) is 7.11 Å². The summed E-state index contributed by atoms with van der Waals surface area (Å²) in [5.41, 5.74) is 3.09. The summed E-state index contributed by atoms with van der Waals surface area (Å²) in [6.07, 6.45) is 1.55. The predicted molar refractivity (Wildman–Crippen MR) is 60.2 cm³/mol. The van der Waals surface area contributed by atoms with Gasteiger partial charge in [0.1, 0.15) is 0 Å². The van der Waals surface area contributed by atoms with Crippen LogP contribution in [0.1, 0.15) is 16.1 Å². The van der Waals surface area contributed by atoms with Gasteiger partial charge >= 0.3 is 5.97 Å².